The van der Waals surface area contributed by atoms with Gasteiger partial charge in [0.1, 0.15) is 17.2 Å². The van der Waals surface area contributed by atoms with Crippen LogP contribution in [0.5, 0.6) is 0 Å². The van der Waals surface area contributed by atoms with Crippen molar-refractivity contribution >= 4 is 11.7 Å². The Kier molecular flexibility index (Phi) is 5.81. The van der Waals surface area contributed by atoms with Crippen LogP contribution in [-0.2, 0) is 4.74 Å². The van der Waals surface area contributed by atoms with Gasteiger partial charge in [-0.3, -0.25) is 4.79 Å². The molecular formula is C21H25FN4O2. The standard InChI is InChI=1S/C21H25FN4O2/c22-16-8-6-15(7-9-16)19-23-14-18(20(25-19)26-10-2-1-3-11-26)21(27)24-13-17-5-4-12-28-17/h6-9,14,17H,1-5,10-13H2,(H,24,27). The molecule has 0 spiro atoms. The van der Waals surface area contributed by atoms with Crippen molar-refractivity contribution in [1.29, 1.82) is 0 Å². The molecule has 1 aromatic carbocycles. The summed E-state index contributed by atoms with van der Waals surface area (Å²) in [6.45, 7) is 2.99. The number of hydrogen-bond donors (Lipinski definition) is 1. The number of carbonyl (C=O) groups is 1. The molecule has 2 aliphatic rings. The fourth-order valence-electron chi connectivity index (χ4n) is 3.72. The van der Waals surface area contributed by atoms with Crippen LogP contribution in [0.1, 0.15) is 42.5 Å². The Hall–Kier alpha value is -2.54. The number of ether oxygens (including phenoxy) is 1. The third-order valence-corrected chi connectivity index (χ3v) is 5.29. The number of nitrogens with one attached hydrogen (secondary N) is 1. The van der Waals surface area contributed by atoms with E-state index in [9.17, 15) is 9.18 Å². The Morgan fingerprint density at radius 2 is 1.96 bits per heavy atom. The summed E-state index contributed by atoms with van der Waals surface area (Å²) >= 11 is 0. The maximum Gasteiger partial charge on any atom is 0.256 e. The third-order valence-electron chi connectivity index (χ3n) is 5.29. The van der Waals surface area contributed by atoms with Crippen LogP contribution in [0.25, 0.3) is 11.4 Å². The maximum atomic E-state index is 13.2. The molecule has 2 aliphatic heterocycles. The molecule has 0 saturated carbocycles. The molecule has 1 unspecified atom stereocenters. The van der Waals surface area contributed by atoms with E-state index in [2.05, 4.69) is 15.2 Å². The molecule has 1 aromatic heterocycles. The highest BCUT2D eigenvalue weighted by atomic mass is 19.1. The molecule has 148 valence electrons. The van der Waals surface area contributed by atoms with E-state index < -0.39 is 0 Å². The van der Waals surface area contributed by atoms with Crippen molar-refractivity contribution in [1.82, 2.24) is 15.3 Å². The van der Waals surface area contributed by atoms with Crippen molar-refractivity contribution in [3.63, 3.8) is 0 Å². The van der Waals surface area contributed by atoms with Crippen LogP contribution in [0.2, 0.25) is 0 Å². The normalized spacial score (nSPS) is 19.6. The van der Waals surface area contributed by atoms with E-state index in [4.69, 9.17) is 9.72 Å². The molecule has 0 radical (unpaired) electrons. The van der Waals surface area contributed by atoms with E-state index in [-0.39, 0.29) is 17.8 Å². The molecular weight excluding hydrogens is 359 g/mol. The second-order valence-electron chi connectivity index (χ2n) is 7.33. The fraction of sp³-hybridized carbons (Fsp3) is 0.476. The first kappa shape index (κ1) is 18.8. The second-order valence-corrected chi connectivity index (χ2v) is 7.33. The molecule has 6 nitrogen and oxygen atoms in total. The Labute approximate surface area is 164 Å². The van der Waals surface area contributed by atoms with E-state index in [1.165, 1.54) is 18.6 Å². The lowest BCUT2D eigenvalue weighted by Crippen LogP contribution is -2.36. The van der Waals surface area contributed by atoms with Gasteiger partial charge in [-0.1, -0.05) is 0 Å². The molecule has 0 aliphatic carbocycles. The topological polar surface area (TPSA) is 67.3 Å². The van der Waals surface area contributed by atoms with Crippen LogP contribution in [0.15, 0.2) is 30.5 Å². The number of amides is 1. The van der Waals surface area contributed by atoms with Gasteiger partial charge in [-0.2, -0.15) is 0 Å². The highest BCUT2D eigenvalue weighted by Gasteiger charge is 2.23. The average Bonchev–Trinajstić information content (AvgIpc) is 3.26. The van der Waals surface area contributed by atoms with Crippen LogP contribution in [-0.4, -0.2) is 48.2 Å². The molecule has 2 fully saturated rings. The van der Waals surface area contributed by atoms with Gasteiger partial charge in [0.2, 0.25) is 0 Å². The number of aromatic nitrogens is 2. The maximum absolute atomic E-state index is 13.2. The second kappa shape index (κ2) is 8.65. The van der Waals surface area contributed by atoms with Gasteiger partial charge in [-0.05, 0) is 56.4 Å². The van der Waals surface area contributed by atoms with Gasteiger partial charge in [-0.25, -0.2) is 14.4 Å². The Morgan fingerprint density at radius 1 is 1.18 bits per heavy atom. The van der Waals surface area contributed by atoms with E-state index >= 15 is 0 Å². The van der Waals surface area contributed by atoms with Crippen molar-refractivity contribution in [2.45, 2.75) is 38.2 Å². The number of rotatable bonds is 5. The molecule has 1 N–H and O–H groups in total. The lowest BCUT2D eigenvalue weighted by Gasteiger charge is -2.29. The first-order valence-electron chi connectivity index (χ1n) is 9.98. The van der Waals surface area contributed by atoms with Crippen molar-refractivity contribution in [3.8, 4) is 11.4 Å². The quantitative estimate of drug-likeness (QED) is 0.858. The number of piperidine rings is 1. The van der Waals surface area contributed by atoms with Gasteiger partial charge >= 0.3 is 0 Å². The highest BCUT2D eigenvalue weighted by molar-refractivity contribution is 5.99. The summed E-state index contributed by atoms with van der Waals surface area (Å²) in [5, 5.41) is 2.97. The van der Waals surface area contributed by atoms with Crippen LogP contribution in [0, 0.1) is 5.82 Å². The van der Waals surface area contributed by atoms with Gasteiger partial charge in [-0.15, -0.1) is 0 Å². The molecule has 28 heavy (non-hydrogen) atoms. The van der Waals surface area contributed by atoms with Gasteiger partial charge in [0, 0.05) is 38.0 Å². The summed E-state index contributed by atoms with van der Waals surface area (Å²) in [7, 11) is 0. The van der Waals surface area contributed by atoms with Crippen LogP contribution in [0.4, 0.5) is 10.2 Å². The van der Waals surface area contributed by atoms with Crippen LogP contribution < -0.4 is 10.2 Å². The molecule has 1 amide bonds. The zero-order valence-corrected chi connectivity index (χ0v) is 15.9. The molecule has 3 heterocycles. The van der Waals surface area contributed by atoms with E-state index in [0.717, 1.165) is 50.9 Å². The molecule has 1 atom stereocenters. The van der Waals surface area contributed by atoms with E-state index in [0.29, 0.717) is 23.8 Å². The fourth-order valence-corrected chi connectivity index (χ4v) is 3.72. The highest BCUT2D eigenvalue weighted by Crippen LogP contribution is 2.25. The number of carbonyl (C=O) groups excluding carboxylic acids is 1. The minimum Gasteiger partial charge on any atom is -0.376 e. The summed E-state index contributed by atoms with van der Waals surface area (Å²) in [6, 6.07) is 6.09. The lowest BCUT2D eigenvalue weighted by molar-refractivity contribution is 0.0857. The zero-order valence-electron chi connectivity index (χ0n) is 15.9. The van der Waals surface area contributed by atoms with E-state index in [1.807, 2.05) is 0 Å². The molecule has 7 heteroatoms. The summed E-state index contributed by atoms with van der Waals surface area (Å²) in [4.78, 5) is 24.1. The minimum atomic E-state index is -0.301. The number of anilines is 1. The van der Waals surface area contributed by atoms with Crippen molar-refractivity contribution in [3.05, 3.63) is 41.8 Å². The summed E-state index contributed by atoms with van der Waals surface area (Å²) in [5.74, 6) is 0.668. The Bertz CT molecular complexity index is 816. The number of halogens is 1. The molecule has 0 bridgehead atoms. The third kappa shape index (κ3) is 4.30. The van der Waals surface area contributed by atoms with E-state index in [1.54, 1.807) is 18.3 Å². The summed E-state index contributed by atoms with van der Waals surface area (Å²) < 4.78 is 18.8. The van der Waals surface area contributed by atoms with Crippen molar-refractivity contribution < 1.29 is 13.9 Å². The first-order valence-corrected chi connectivity index (χ1v) is 9.98. The van der Waals surface area contributed by atoms with Crippen LogP contribution >= 0.6 is 0 Å². The first-order chi connectivity index (χ1) is 13.7. The van der Waals surface area contributed by atoms with Gasteiger partial charge in [0.15, 0.2) is 5.82 Å². The summed E-state index contributed by atoms with van der Waals surface area (Å²) in [6.07, 6.45) is 7.02. The minimum absolute atomic E-state index is 0.0850. The number of benzene rings is 1. The number of nitrogens with zero attached hydrogens (tertiary/aromatic N) is 3. The van der Waals surface area contributed by atoms with Gasteiger partial charge in [0.05, 0.1) is 6.10 Å². The smallest absolute Gasteiger partial charge is 0.256 e. The molecule has 2 saturated heterocycles. The van der Waals surface area contributed by atoms with Gasteiger partial charge in [0.25, 0.3) is 5.91 Å². The largest absolute Gasteiger partial charge is 0.376 e. The monoisotopic (exact) mass is 384 g/mol. The van der Waals surface area contributed by atoms with Crippen molar-refractivity contribution in [2.24, 2.45) is 0 Å². The lowest BCUT2D eigenvalue weighted by atomic mass is 10.1. The summed E-state index contributed by atoms with van der Waals surface area (Å²) in [5.41, 5.74) is 1.21. The van der Waals surface area contributed by atoms with Crippen LogP contribution in [0.3, 0.4) is 0 Å². The Balaban J connectivity index is 1.60. The molecule has 2 aromatic rings. The zero-order chi connectivity index (χ0) is 19.3. The predicted octanol–water partition coefficient (Wildman–Crippen LogP) is 3.18. The van der Waals surface area contributed by atoms with Crippen molar-refractivity contribution in [2.75, 3.05) is 31.1 Å². The predicted molar refractivity (Wildman–Crippen MR) is 105 cm³/mol. The Morgan fingerprint density at radius 3 is 2.68 bits per heavy atom. The SMILES string of the molecule is O=C(NCC1CCCO1)c1cnc(-c2ccc(F)cc2)nc1N1CCCCC1. The average molecular weight is 384 g/mol. The molecule has 4 rings (SSSR count). The van der Waals surface area contributed by atoms with Gasteiger partial charge < -0.3 is 15.0 Å². The number of hydrogen-bond acceptors (Lipinski definition) is 5.